The Bertz CT molecular complexity index is 384. The van der Waals surface area contributed by atoms with Crippen LogP contribution in [-0.2, 0) is 14.6 Å². The lowest BCUT2D eigenvalue weighted by Crippen LogP contribution is -2.19. The van der Waals surface area contributed by atoms with Crippen LogP contribution in [0.25, 0.3) is 0 Å². The van der Waals surface area contributed by atoms with Gasteiger partial charge in [0.05, 0.1) is 10.1 Å². The molecule has 1 aromatic carbocycles. The highest BCUT2D eigenvalue weighted by Gasteiger charge is 2.22. The fourth-order valence-electron chi connectivity index (χ4n) is 1.28. The molecular formula is C11H16O3S. The summed E-state index contributed by atoms with van der Waals surface area (Å²) in [6, 6.07) is 8.52. The molecule has 3 nitrogen and oxygen atoms in total. The molecule has 0 bridgehead atoms. The standard InChI is InChI=1S/C11H16O3S/c1-10(8-9-14-2)15(12,13)11-6-4-3-5-7-11/h3-7,10H,8-9H2,1-2H3. The summed E-state index contributed by atoms with van der Waals surface area (Å²) in [6.07, 6.45) is 0.522. The van der Waals surface area contributed by atoms with Crippen LogP contribution in [0.1, 0.15) is 13.3 Å². The van der Waals surface area contributed by atoms with Gasteiger partial charge >= 0.3 is 0 Å². The van der Waals surface area contributed by atoms with Gasteiger partial charge in [-0.15, -0.1) is 0 Å². The van der Waals surface area contributed by atoms with Crippen molar-refractivity contribution in [2.75, 3.05) is 13.7 Å². The average Bonchev–Trinajstić information content (AvgIpc) is 2.27. The molecule has 1 rings (SSSR count). The van der Waals surface area contributed by atoms with Crippen LogP contribution >= 0.6 is 0 Å². The predicted octanol–water partition coefficient (Wildman–Crippen LogP) is 1.89. The first-order valence-corrected chi connectivity index (χ1v) is 6.41. The maximum Gasteiger partial charge on any atom is 0.181 e. The van der Waals surface area contributed by atoms with Gasteiger partial charge in [0.25, 0.3) is 0 Å². The molecule has 0 spiro atoms. The van der Waals surface area contributed by atoms with Gasteiger partial charge in [0, 0.05) is 13.7 Å². The third-order valence-corrected chi connectivity index (χ3v) is 4.55. The smallest absolute Gasteiger partial charge is 0.181 e. The summed E-state index contributed by atoms with van der Waals surface area (Å²) in [5.41, 5.74) is 0. The van der Waals surface area contributed by atoms with E-state index in [1.165, 1.54) is 0 Å². The van der Waals surface area contributed by atoms with Gasteiger partial charge in [0.1, 0.15) is 0 Å². The Balaban J connectivity index is 2.84. The van der Waals surface area contributed by atoms with Crippen molar-refractivity contribution in [3.05, 3.63) is 30.3 Å². The molecule has 0 aliphatic rings. The molecule has 1 atom stereocenters. The fraction of sp³-hybridized carbons (Fsp3) is 0.455. The Kier molecular flexibility index (Phi) is 4.29. The van der Waals surface area contributed by atoms with E-state index in [2.05, 4.69) is 0 Å². The summed E-state index contributed by atoms with van der Waals surface area (Å²) in [5, 5.41) is -0.403. The van der Waals surface area contributed by atoms with E-state index in [0.717, 1.165) is 0 Å². The van der Waals surface area contributed by atoms with Gasteiger partial charge in [0.2, 0.25) is 0 Å². The number of methoxy groups -OCH3 is 1. The molecule has 0 saturated carbocycles. The van der Waals surface area contributed by atoms with E-state index in [9.17, 15) is 8.42 Å². The number of rotatable bonds is 5. The first-order chi connectivity index (χ1) is 7.09. The van der Waals surface area contributed by atoms with E-state index in [-0.39, 0.29) is 0 Å². The van der Waals surface area contributed by atoms with Crippen LogP contribution in [0.15, 0.2) is 35.2 Å². The average molecular weight is 228 g/mol. The van der Waals surface area contributed by atoms with Gasteiger partial charge in [-0.05, 0) is 25.5 Å². The van der Waals surface area contributed by atoms with Crippen LogP contribution in [-0.4, -0.2) is 27.4 Å². The van der Waals surface area contributed by atoms with Crippen molar-refractivity contribution >= 4 is 9.84 Å². The summed E-state index contributed by atoms with van der Waals surface area (Å²) in [7, 11) is -1.62. The van der Waals surface area contributed by atoms with Crippen LogP contribution in [0.4, 0.5) is 0 Å². The summed E-state index contributed by atoms with van der Waals surface area (Å²) < 4.78 is 28.8. The molecule has 0 N–H and O–H groups in total. The highest BCUT2D eigenvalue weighted by atomic mass is 32.2. The van der Waals surface area contributed by atoms with E-state index in [0.29, 0.717) is 17.9 Å². The lowest BCUT2D eigenvalue weighted by atomic mass is 10.3. The SMILES string of the molecule is COCCC(C)S(=O)(=O)c1ccccc1. The van der Waals surface area contributed by atoms with E-state index < -0.39 is 15.1 Å². The third-order valence-electron chi connectivity index (χ3n) is 2.33. The Morgan fingerprint density at radius 3 is 2.40 bits per heavy atom. The first kappa shape index (κ1) is 12.2. The van der Waals surface area contributed by atoms with E-state index in [1.807, 2.05) is 0 Å². The number of hydrogen-bond donors (Lipinski definition) is 0. The molecule has 1 unspecified atom stereocenters. The minimum Gasteiger partial charge on any atom is -0.385 e. The number of benzene rings is 1. The summed E-state index contributed by atoms with van der Waals surface area (Å²) in [6.45, 7) is 2.18. The quantitative estimate of drug-likeness (QED) is 0.773. The first-order valence-electron chi connectivity index (χ1n) is 4.87. The largest absolute Gasteiger partial charge is 0.385 e. The topological polar surface area (TPSA) is 43.4 Å². The Hall–Kier alpha value is -0.870. The second-order valence-corrected chi connectivity index (χ2v) is 5.82. The van der Waals surface area contributed by atoms with Crippen molar-refractivity contribution in [2.45, 2.75) is 23.5 Å². The fourth-order valence-corrected chi connectivity index (χ4v) is 2.69. The van der Waals surface area contributed by atoms with Crippen LogP contribution in [0.2, 0.25) is 0 Å². The summed E-state index contributed by atoms with van der Waals surface area (Å²) in [4.78, 5) is 0.383. The minimum absolute atomic E-state index is 0.383. The highest BCUT2D eigenvalue weighted by Crippen LogP contribution is 2.17. The Morgan fingerprint density at radius 1 is 1.27 bits per heavy atom. The Morgan fingerprint density at radius 2 is 1.87 bits per heavy atom. The Labute approximate surface area is 91.0 Å². The molecule has 4 heteroatoms. The van der Waals surface area contributed by atoms with Crippen molar-refractivity contribution in [3.8, 4) is 0 Å². The van der Waals surface area contributed by atoms with Gasteiger partial charge in [0.15, 0.2) is 9.84 Å². The van der Waals surface area contributed by atoms with Crippen molar-refractivity contribution in [1.29, 1.82) is 0 Å². The maximum atomic E-state index is 12.0. The second kappa shape index (κ2) is 5.28. The number of sulfone groups is 1. The molecular weight excluding hydrogens is 212 g/mol. The lowest BCUT2D eigenvalue weighted by molar-refractivity contribution is 0.194. The number of ether oxygens (including phenoxy) is 1. The van der Waals surface area contributed by atoms with Gasteiger partial charge in [-0.25, -0.2) is 8.42 Å². The molecule has 0 amide bonds. The van der Waals surface area contributed by atoms with Gasteiger partial charge < -0.3 is 4.74 Å². The molecule has 1 aromatic rings. The van der Waals surface area contributed by atoms with Crippen LogP contribution in [0, 0.1) is 0 Å². The van der Waals surface area contributed by atoms with Crippen molar-refractivity contribution in [1.82, 2.24) is 0 Å². The summed E-state index contributed by atoms with van der Waals surface area (Å²) in [5.74, 6) is 0. The van der Waals surface area contributed by atoms with Crippen molar-refractivity contribution in [3.63, 3.8) is 0 Å². The number of hydrogen-bond acceptors (Lipinski definition) is 3. The van der Waals surface area contributed by atoms with E-state index >= 15 is 0 Å². The molecule has 0 aliphatic heterocycles. The van der Waals surface area contributed by atoms with Gasteiger partial charge in [-0.1, -0.05) is 18.2 Å². The van der Waals surface area contributed by atoms with Gasteiger partial charge in [-0.2, -0.15) is 0 Å². The molecule has 0 fully saturated rings. The zero-order chi connectivity index (χ0) is 11.3. The molecule has 0 saturated heterocycles. The molecule has 0 aliphatic carbocycles. The highest BCUT2D eigenvalue weighted by molar-refractivity contribution is 7.92. The zero-order valence-corrected chi connectivity index (χ0v) is 9.83. The van der Waals surface area contributed by atoms with Gasteiger partial charge in [-0.3, -0.25) is 0 Å². The molecule has 0 aromatic heterocycles. The monoisotopic (exact) mass is 228 g/mol. The van der Waals surface area contributed by atoms with E-state index in [4.69, 9.17) is 4.74 Å². The third kappa shape index (κ3) is 3.04. The second-order valence-electron chi connectivity index (χ2n) is 3.45. The molecule has 15 heavy (non-hydrogen) atoms. The van der Waals surface area contributed by atoms with Crippen molar-refractivity contribution in [2.24, 2.45) is 0 Å². The van der Waals surface area contributed by atoms with Crippen molar-refractivity contribution < 1.29 is 13.2 Å². The van der Waals surface area contributed by atoms with Crippen LogP contribution in [0.5, 0.6) is 0 Å². The van der Waals surface area contributed by atoms with E-state index in [1.54, 1.807) is 44.4 Å². The van der Waals surface area contributed by atoms with Crippen LogP contribution < -0.4 is 0 Å². The predicted molar refractivity (Wildman–Crippen MR) is 59.6 cm³/mol. The zero-order valence-electron chi connectivity index (χ0n) is 9.01. The lowest BCUT2D eigenvalue weighted by Gasteiger charge is -2.12. The minimum atomic E-state index is -3.19. The van der Waals surface area contributed by atoms with Crippen LogP contribution in [0.3, 0.4) is 0 Å². The molecule has 0 radical (unpaired) electrons. The molecule has 84 valence electrons. The molecule has 0 heterocycles. The normalized spacial score (nSPS) is 13.7. The maximum absolute atomic E-state index is 12.0. The summed E-state index contributed by atoms with van der Waals surface area (Å²) >= 11 is 0.